The molecule has 124 valence electrons. The number of nitrogens with zero attached hydrogens (tertiary/aromatic N) is 1. The summed E-state index contributed by atoms with van der Waals surface area (Å²) in [5.74, 6) is 1.05. The number of fused-ring (bicyclic) bond motifs is 1. The Kier molecular flexibility index (Phi) is 5.23. The quantitative estimate of drug-likeness (QED) is 0.567. The van der Waals surface area contributed by atoms with E-state index in [1.54, 1.807) is 40.5 Å². The topological polar surface area (TPSA) is 38.8 Å². The summed E-state index contributed by atoms with van der Waals surface area (Å²) >= 11 is 7.78. The smallest absolute Gasteiger partial charge is 0.247 e. The van der Waals surface area contributed by atoms with Gasteiger partial charge in [-0.2, -0.15) is 0 Å². The molecule has 1 amide bonds. The first kappa shape index (κ1) is 16.6. The van der Waals surface area contributed by atoms with E-state index in [1.165, 1.54) is 6.08 Å². The molecule has 0 bridgehead atoms. The van der Waals surface area contributed by atoms with E-state index in [0.29, 0.717) is 29.6 Å². The van der Waals surface area contributed by atoms with Crippen molar-refractivity contribution in [2.75, 3.05) is 13.3 Å². The molecule has 0 fully saturated rings. The molecule has 3 rings (SSSR count). The minimum Gasteiger partial charge on any atom is -0.454 e. The SMILES string of the molecule is C=CCN(Cc1cccs1)C(=O)C=Cc1cc(Cl)c2c(c1)OCO2. The normalized spacial score (nSPS) is 12.5. The average Bonchev–Trinajstić information content (AvgIpc) is 3.23. The Labute approximate surface area is 149 Å². The zero-order valence-electron chi connectivity index (χ0n) is 12.9. The van der Waals surface area contributed by atoms with Crippen LogP contribution in [0, 0.1) is 0 Å². The van der Waals surface area contributed by atoms with Crippen LogP contribution >= 0.6 is 22.9 Å². The van der Waals surface area contributed by atoms with E-state index in [9.17, 15) is 4.79 Å². The van der Waals surface area contributed by atoms with Crippen LogP contribution in [0.2, 0.25) is 5.02 Å². The second-order valence-corrected chi connectivity index (χ2v) is 6.60. The molecule has 0 radical (unpaired) electrons. The first-order valence-corrected chi connectivity index (χ1v) is 8.62. The van der Waals surface area contributed by atoms with Gasteiger partial charge in [0.2, 0.25) is 12.7 Å². The fraction of sp³-hybridized carbons (Fsp3) is 0.167. The van der Waals surface area contributed by atoms with E-state index in [-0.39, 0.29) is 12.7 Å². The van der Waals surface area contributed by atoms with Crippen LogP contribution in [0.15, 0.2) is 48.4 Å². The van der Waals surface area contributed by atoms with Gasteiger partial charge in [-0.25, -0.2) is 0 Å². The van der Waals surface area contributed by atoms with Gasteiger partial charge >= 0.3 is 0 Å². The van der Waals surface area contributed by atoms with Gasteiger partial charge in [-0.1, -0.05) is 23.7 Å². The Hall–Kier alpha value is -2.24. The van der Waals surface area contributed by atoms with E-state index in [1.807, 2.05) is 17.5 Å². The number of hydrogen-bond acceptors (Lipinski definition) is 4. The molecule has 0 aliphatic carbocycles. The summed E-state index contributed by atoms with van der Waals surface area (Å²) < 4.78 is 10.6. The molecule has 4 nitrogen and oxygen atoms in total. The number of halogens is 1. The highest BCUT2D eigenvalue weighted by molar-refractivity contribution is 7.09. The maximum atomic E-state index is 12.5. The number of carbonyl (C=O) groups excluding carboxylic acids is 1. The first-order valence-electron chi connectivity index (χ1n) is 7.37. The summed E-state index contributed by atoms with van der Waals surface area (Å²) in [7, 11) is 0. The molecule has 0 saturated carbocycles. The van der Waals surface area contributed by atoms with Crippen molar-refractivity contribution in [3.63, 3.8) is 0 Å². The van der Waals surface area contributed by atoms with Crippen molar-refractivity contribution >= 4 is 34.9 Å². The summed E-state index contributed by atoms with van der Waals surface area (Å²) in [5.41, 5.74) is 0.785. The van der Waals surface area contributed by atoms with Crippen LogP contribution in [0.1, 0.15) is 10.4 Å². The molecule has 0 saturated heterocycles. The van der Waals surface area contributed by atoms with Gasteiger partial charge in [0.15, 0.2) is 11.5 Å². The number of carbonyl (C=O) groups is 1. The Morgan fingerprint density at radius 1 is 1.42 bits per heavy atom. The number of ether oxygens (including phenoxy) is 2. The lowest BCUT2D eigenvalue weighted by Crippen LogP contribution is -2.28. The van der Waals surface area contributed by atoms with Crippen molar-refractivity contribution in [2.45, 2.75) is 6.54 Å². The molecule has 1 aliphatic heterocycles. The molecule has 0 atom stereocenters. The van der Waals surface area contributed by atoms with Crippen molar-refractivity contribution in [1.29, 1.82) is 0 Å². The van der Waals surface area contributed by atoms with E-state index < -0.39 is 0 Å². The van der Waals surface area contributed by atoms with E-state index in [2.05, 4.69) is 6.58 Å². The summed E-state index contributed by atoms with van der Waals surface area (Å²) in [4.78, 5) is 15.3. The van der Waals surface area contributed by atoms with Gasteiger partial charge in [-0.05, 0) is 35.2 Å². The highest BCUT2D eigenvalue weighted by atomic mass is 35.5. The molecule has 0 N–H and O–H groups in total. The third-order valence-corrected chi connectivity index (χ3v) is 4.60. The second-order valence-electron chi connectivity index (χ2n) is 5.16. The van der Waals surface area contributed by atoms with Crippen molar-refractivity contribution in [2.24, 2.45) is 0 Å². The molecule has 6 heteroatoms. The van der Waals surface area contributed by atoms with Crippen LogP contribution in [-0.4, -0.2) is 24.1 Å². The third kappa shape index (κ3) is 3.80. The fourth-order valence-electron chi connectivity index (χ4n) is 2.34. The molecule has 2 heterocycles. The number of rotatable bonds is 6. The zero-order chi connectivity index (χ0) is 16.9. The highest BCUT2D eigenvalue weighted by Crippen LogP contribution is 2.40. The van der Waals surface area contributed by atoms with Crippen LogP contribution in [-0.2, 0) is 11.3 Å². The standard InChI is InChI=1S/C18H16ClNO3S/c1-2-7-20(11-14-4-3-8-24-14)17(21)6-5-13-9-15(19)18-16(10-13)22-12-23-18/h2-6,8-10H,1,7,11-12H2. The minimum absolute atomic E-state index is 0.0860. The van der Waals surface area contributed by atoms with Crippen molar-refractivity contribution < 1.29 is 14.3 Å². The van der Waals surface area contributed by atoms with Crippen molar-refractivity contribution in [3.8, 4) is 11.5 Å². The van der Waals surface area contributed by atoms with Crippen LogP contribution < -0.4 is 9.47 Å². The highest BCUT2D eigenvalue weighted by Gasteiger charge is 2.18. The van der Waals surface area contributed by atoms with E-state index in [0.717, 1.165) is 10.4 Å². The second kappa shape index (κ2) is 7.55. The van der Waals surface area contributed by atoms with Gasteiger partial charge in [-0.15, -0.1) is 17.9 Å². The molecular weight excluding hydrogens is 346 g/mol. The van der Waals surface area contributed by atoms with Gasteiger partial charge in [0.25, 0.3) is 0 Å². The zero-order valence-corrected chi connectivity index (χ0v) is 14.5. The summed E-state index contributed by atoms with van der Waals surface area (Å²) in [6.07, 6.45) is 4.97. The maximum absolute atomic E-state index is 12.5. The first-order chi connectivity index (χ1) is 11.7. The fourth-order valence-corrected chi connectivity index (χ4v) is 3.33. The third-order valence-electron chi connectivity index (χ3n) is 3.46. The van der Waals surface area contributed by atoms with Crippen LogP contribution in [0.4, 0.5) is 0 Å². The van der Waals surface area contributed by atoms with Crippen LogP contribution in [0.3, 0.4) is 0 Å². The van der Waals surface area contributed by atoms with Gasteiger partial charge in [0.1, 0.15) is 0 Å². The number of benzene rings is 1. The van der Waals surface area contributed by atoms with Gasteiger partial charge in [0.05, 0.1) is 11.6 Å². The van der Waals surface area contributed by atoms with Crippen molar-refractivity contribution in [3.05, 3.63) is 63.8 Å². The average molecular weight is 362 g/mol. The van der Waals surface area contributed by atoms with Gasteiger partial charge in [-0.3, -0.25) is 4.79 Å². The van der Waals surface area contributed by atoms with Crippen LogP contribution in [0.25, 0.3) is 6.08 Å². The van der Waals surface area contributed by atoms with E-state index in [4.69, 9.17) is 21.1 Å². The Morgan fingerprint density at radius 2 is 2.29 bits per heavy atom. The Bertz CT molecular complexity index is 771. The summed E-state index contributed by atoms with van der Waals surface area (Å²) in [6, 6.07) is 7.53. The predicted molar refractivity (Wildman–Crippen MR) is 96.5 cm³/mol. The predicted octanol–water partition coefficient (Wildman–Crippen LogP) is 4.36. The summed E-state index contributed by atoms with van der Waals surface area (Å²) in [5, 5.41) is 2.47. The van der Waals surface area contributed by atoms with Crippen molar-refractivity contribution in [1.82, 2.24) is 4.90 Å². The minimum atomic E-state index is -0.0860. The number of thiophene rings is 1. The van der Waals surface area contributed by atoms with E-state index >= 15 is 0 Å². The number of amides is 1. The largest absolute Gasteiger partial charge is 0.454 e. The molecule has 1 aromatic carbocycles. The summed E-state index contributed by atoms with van der Waals surface area (Å²) in [6.45, 7) is 4.93. The molecule has 2 aromatic rings. The van der Waals surface area contributed by atoms with Gasteiger partial charge < -0.3 is 14.4 Å². The maximum Gasteiger partial charge on any atom is 0.247 e. The molecule has 0 spiro atoms. The molecule has 1 aliphatic rings. The lowest BCUT2D eigenvalue weighted by molar-refractivity contribution is -0.126. The molecule has 1 aromatic heterocycles. The molecule has 0 unspecified atom stereocenters. The Morgan fingerprint density at radius 3 is 3.04 bits per heavy atom. The molecule has 24 heavy (non-hydrogen) atoms. The lowest BCUT2D eigenvalue weighted by atomic mass is 10.2. The van der Waals surface area contributed by atoms with Crippen LogP contribution in [0.5, 0.6) is 11.5 Å². The monoisotopic (exact) mass is 361 g/mol. The van der Waals surface area contributed by atoms with Gasteiger partial charge in [0, 0.05) is 17.5 Å². The lowest BCUT2D eigenvalue weighted by Gasteiger charge is -2.18. The number of hydrogen-bond donors (Lipinski definition) is 0. The molecular formula is C18H16ClNO3S. The Balaban J connectivity index is 1.73.